The Bertz CT molecular complexity index is 674. The van der Waals surface area contributed by atoms with Crippen LogP contribution >= 0.6 is 22.6 Å². The van der Waals surface area contributed by atoms with Crippen molar-refractivity contribution in [3.8, 4) is 0 Å². The summed E-state index contributed by atoms with van der Waals surface area (Å²) in [6, 6.07) is 6.60. The molecule has 2 aromatic rings. The summed E-state index contributed by atoms with van der Waals surface area (Å²) in [6.07, 6.45) is 0. The number of benzene rings is 2. The molecule has 0 atom stereocenters. The van der Waals surface area contributed by atoms with E-state index in [4.69, 9.17) is 5.73 Å². The Morgan fingerprint density at radius 3 is 2.25 bits per heavy atom. The third-order valence-corrected chi connectivity index (χ3v) is 3.54. The minimum Gasteiger partial charge on any atom is -0.366 e. The lowest BCUT2D eigenvalue weighted by molar-refractivity contribution is 0.100. The van der Waals surface area contributed by atoms with Crippen LogP contribution in [0.3, 0.4) is 0 Å². The zero-order valence-corrected chi connectivity index (χ0v) is 12.0. The summed E-state index contributed by atoms with van der Waals surface area (Å²) in [4.78, 5) is 10.9. The number of anilines is 2. The fraction of sp³-hybridized carbons (Fsp3) is 0. The minimum absolute atomic E-state index is 0.274. The maximum Gasteiger partial charge on any atom is 0.248 e. The van der Waals surface area contributed by atoms with Gasteiger partial charge < -0.3 is 11.1 Å². The van der Waals surface area contributed by atoms with E-state index in [0.29, 0.717) is 5.69 Å². The molecule has 3 N–H and O–H groups in total. The molecule has 104 valence electrons. The molecular weight excluding hydrogens is 384 g/mol. The monoisotopic (exact) mass is 392 g/mol. The molecule has 0 aliphatic carbocycles. The predicted octanol–water partition coefficient (Wildman–Crippen LogP) is 3.55. The van der Waals surface area contributed by atoms with Crippen molar-refractivity contribution in [1.82, 2.24) is 0 Å². The van der Waals surface area contributed by atoms with Crippen LogP contribution in [-0.2, 0) is 0 Å². The summed E-state index contributed by atoms with van der Waals surface area (Å²) in [5.74, 6) is -3.88. The lowest BCUT2D eigenvalue weighted by atomic mass is 10.2. The lowest BCUT2D eigenvalue weighted by Gasteiger charge is -2.10. The summed E-state index contributed by atoms with van der Waals surface area (Å²) >= 11 is 1.38. The molecule has 0 saturated heterocycles. The van der Waals surface area contributed by atoms with Crippen LogP contribution < -0.4 is 11.1 Å². The number of hydrogen-bond acceptors (Lipinski definition) is 2. The van der Waals surface area contributed by atoms with E-state index in [9.17, 15) is 18.0 Å². The molecule has 20 heavy (non-hydrogen) atoms. The number of carbonyl (C=O) groups is 1. The highest BCUT2D eigenvalue weighted by molar-refractivity contribution is 14.1. The van der Waals surface area contributed by atoms with Crippen LogP contribution in [0.1, 0.15) is 10.4 Å². The number of carbonyl (C=O) groups excluding carboxylic acids is 1. The zero-order chi connectivity index (χ0) is 14.9. The van der Waals surface area contributed by atoms with Gasteiger partial charge in [-0.3, -0.25) is 4.79 Å². The van der Waals surface area contributed by atoms with Gasteiger partial charge in [0.2, 0.25) is 5.91 Å². The second-order valence-corrected chi connectivity index (χ2v) is 4.99. The number of halogens is 4. The fourth-order valence-electron chi connectivity index (χ4n) is 1.54. The first-order chi connectivity index (χ1) is 9.40. The van der Waals surface area contributed by atoms with Crippen molar-refractivity contribution >= 4 is 39.9 Å². The maximum absolute atomic E-state index is 13.7. The van der Waals surface area contributed by atoms with Crippen LogP contribution in [0.4, 0.5) is 24.5 Å². The Morgan fingerprint density at radius 1 is 1.10 bits per heavy atom. The summed E-state index contributed by atoms with van der Waals surface area (Å²) in [5.41, 5.74) is 5.39. The number of amides is 1. The summed E-state index contributed by atoms with van der Waals surface area (Å²) in [6.45, 7) is 0. The van der Waals surface area contributed by atoms with Crippen LogP contribution in [0.2, 0.25) is 0 Å². The van der Waals surface area contributed by atoms with Gasteiger partial charge in [0.25, 0.3) is 0 Å². The van der Waals surface area contributed by atoms with Gasteiger partial charge >= 0.3 is 0 Å². The van der Waals surface area contributed by atoms with E-state index < -0.39 is 26.9 Å². The van der Waals surface area contributed by atoms with Crippen molar-refractivity contribution in [2.45, 2.75) is 0 Å². The summed E-state index contributed by atoms with van der Waals surface area (Å²) < 4.78 is 40.0. The molecule has 0 aliphatic rings. The molecule has 0 aromatic heterocycles. The predicted molar refractivity (Wildman–Crippen MR) is 77.3 cm³/mol. The first-order valence-electron chi connectivity index (χ1n) is 5.40. The van der Waals surface area contributed by atoms with E-state index in [1.54, 1.807) is 0 Å². The molecule has 1 amide bonds. The van der Waals surface area contributed by atoms with E-state index in [2.05, 4.69) is 5.32 Å². The van der Waals surface area contributed by atoms with Gasteiger partial charge in [-0.1, -0.05) is 0 Å². The molecule has 0 unspecified atom stereocenters. The average molecular weight is 392 g/mol. The van der Waals surface area contributed by atoms with E-state index in [1.165, 1.54) is 46.9 Å². The first-order valence-corrected chi connectivity index (χ1v) is 6.48. The van der Waals surface area contributed by atoms with Gasteiger partial charge in [0.05, 0.1) is 9.26 Å². The Balaban J connectivity index is 2.33. The van der Waals surface area contributed by atoms with Crippen LogP contribution in [-0.4, -0.2) is 5.91 Å². The second kappa shape index (κ2) is 5.70. The van der Waals surface area contributed by atoms with Crippen molar-refractivity contribution in [1.29, 1.82) is 0 Å². The largest absolute Gasteiger partial charge is 0.366 e. The van der Waals surface area contributed by atoms with Crippen molar-refractivity contribution < 1.29 is 18.0 Å². The Morgan fingerprint density at radius 2 is 1.70 bits per heavy atom. The van der Waals surface area contributed by atoms with Crippen molar-refractivity contribution in [2.24, 2.45) is 5.73 Å². The third kappa shape index (κ3) is 2.87. The normalized spacial score (nSPS) is 10.4. The van der Waals surface area contributed by atoms with Crippen LogP contribution in [0.25, 0.3) is 0 Å². The molecule has 0 fully saturated rings. The van der Waals surface area contributed by atoms with Crippen molar-refractivity contribution in [3.05, 3.63) is 56.9 Å². The molecular formula is C13H8F3IN2O. The number of nitrogens with two attached hydrogens (primary N) is 1. The lowest BCUT2D eigenvalue weighted by Crippen LogP contribution is -2.10. The standard InChI is InChI=1S/C13H8F3IN2O/c14-8-5-9(10(15)11(16)12(8)17)19-7-3-1-6(2-4-7)13(18)20/h1-5,19H,(H2,18,20). The van der Waals surface area contributed by atoms with Gasteiger partial charge in [-0.05, 0) is 46.9 Å². The first kappa shape index (κ1) is 14.6. The SMILES string of the molecule is NC(=O)c1ccc(Nc2cc(F)c(I)c(F)c2F)cc1. The van der Waals surface area contributed by atoms with Gasteiger partial charge in [-0.25, -0.2) is 13.2 Å². The average Bonchev–Trinajstić information content (AvgIpc) is 2.43. The molecule has 2 rings (SSSR count). The van der Waals surface area contributed by atoms with Crippen molar-refractivity contribution in [3.63, 3.8) is 0 Å². The summed E-state index contributed by atoms with van der Waals surface area (Å²) in [5, 5.41) is 2.54. The van der Waals surface area contributed by atoms with E-state index in [0.717, 1.165) is 6.07 Å². The Kier molecular flexibility index (Phi) is 4.17. The van der Waals surface area contributed by atoms with Crippen LogP contribution in [0, 0.1) is 21.0 Å². The van der Waals surface area contributed by atoms with Crippen LogP contribution in [0.5, 0.6) is 0 Å². The Labute approximate surface area is 126 Å². The maximum atomic E-state index is 13.7. The number of hydrogen-bond donors (Lipinski definition) is 2. The van der Waals surface area contributed by atoms with Crippen molar-refractivity contribution in [2.75, 3.05) is 5.32 Å². The Hall–Kier alpha value is -1.77. The zero-order valence-electron chi connectivity index (χ0n) is 9.88. The van der Waals surface area contributed by atoms with Gasteiger partial charge in [-0.15, -0.1) is 0 Å². The van der Waals surface area contributed by atoms with E-state index in [-0.39, 0.29) is 11.3 Å². The molecule has 3 nitrogen and oxygen atoms in total. The molecule has 2 aromatic carbocycles. The number of primary amides is 1. The van der Waals surface area contributed by atoms with E-state index in [1.807, 2.05) is 0 Å². The second-order valence-electron chi connectivity index (χ2n) is 3.91. The molecule has 7 heteroatoms. The minimum atomic E-state index is -1.25. The highest BCUT2D eigenvalue weighted by Crippen LogP contribution is 2.27. The third-order valence-electron chi connectivity index (χ3n) is 2.55. The topological polar surface area (TPSA) is 55.1 Å². The molecule has 0 spiro atoms. The smallest absolute Gasteiger partial charge is 0.248 e. The summed E-state index contributed by atoms with van der Waals surface area (Å²) in [7, 11) is 0. The number of nitrogens with one attached hydrogen (secondary N) is 1. The highest BCUT2D eigenvalue weighted by atomic mass is 127. The molecule has 0 radical (unpaired) electrons. The van der Waals surface area contributed by atoms with Crippen LogP contribution in [0.15, 0.2) is 30.3 Å². The van der Waals surface area contributed by atoms with Gasteiger partial charge in [-0.2, -0.15) is 0 Å². The molecule has 0 bridgehead atoms. The molecule has 0 heterocycles. The van der Waals surface area contributed by atoms with Gasteiger partial charge in [0.1, 0.15) is 5.82 Å². The molecule has 0 saturated carbocycles. The quantitative estimate of drug-likeness (QED) is 0.477. The highest BCUT2D eigenvalue weighted by Gasteiger charge is 2.17. The van der Waals surface area contributed by atoms with E-state index >= 15 is 0 Å². The van der Waals surface area contributed by atoms with Gasteiger partial charge in [0, 0.05) is 17.3 Å². The molecule has 0 aliphatic heterocycles. The number of rotatable bonds is 3. The fourth-order valence-corrected chi connectivity index (χ4v) is 1.93. The van der Waals surface area contributed by atoms with Gasteiger partial charge in [0.15, 0.2) is 11.6 Å².